The quantitative estimate of drug-likeness (QED) is 0.854. The molecule has 1 aromatic heterocycles. The minimum Gasteiger partial charge on any atom is -0.308 e. The molecular weight excluding hydrogens is 300 g/mol. The zero-order chi connectivity index (χ0) is 16.3. The Bertz CT molecular complexity index is 767. The van der Waals surface area contributed by atoms with E-state index >= 15 is 0 Å². The molecule has 2 aromatic rings. The van der Waals surface area contributed by atoms with Gasteiger partial charge in [0.15, 0.2) is 0 Å². The number of aryl methyl sites for hydroxylation is 1. The lowest BCUT2D eigenvalue weighted by molar-refractivity contribution is -0.126. The van der Waals surface area contributed by atoms with E-state index in [9.17, 15) is 4.79 Å². The molecule has 3 atom stereocenters. The average molecular weight is 322 g/mol. The molecule has 2 fully saturated rings. The molecule has 3 unspecified atom stereocenters. The highest BCUT2D eigenvalue weighted by molar-refractivity contribution is 5.97. The van der Waals surface area contributed by atoms with E-state index in [0.717, 1.165) is 25.1 Å². The summed E-state index contributed by atoms with van der Waals surface area (Å²) in [5.41, 5.74) is 3.82. The molecule has 24 heavy (non-hydrogen) atoms. The number of anilines is 1. The smallest absolute Gasteiger partial charge is 0.244 e. The second-order valence-electron chi connectivity index (χ2n) is 7.21. The third-order valence-electron chi connectivity index (χ3n) is 5.92. The summed E-state index contributed by atoms with van der Waals surface area (Å²) in [6.45, 7) is 0.803. The Labute approximate surface area is 141 Å². The minimum absolute atomic E-state index is 0.00357. The van der Waals surface area contributed by atoms with E-state index in [0.29, 0.717) is 12.1 Å². The molecule has 5 rings (SSSR count). The molecule has 5 heteroatoms. The second kappa shape index (κ2) is 5.18. The molecule has 0 saturated carbocycles. The summed E-state index contributed by atoms with van der Waals surface area (Å²) >= 11 is 0. The van der Waals surface area contributed by atoms with Crippen LogP contribution in [0.2, 0.25) is 0 Å². The summed E-state index contributed by atoms with van der Waals surface area (Å²) in [5.74, 6) is 0.249. The molecule has 124 valence electrons. The minimum atomic E-state index is 0.00357. The second-order valence-corrected chi connectivity index (χ2v) is 7.21. The standard InChI is InChI=1S/C19H22N4O/c1-21-12-13(11-20-21)22-10-4-7-18(19(22)24)23-16-8-9-17(23)15-6-3-2-5-14(15)16/h2-3,5-6,11-12,16-18H,4,7-10H2,1H3. The molecule has 0 N–H and O–H groups in total. The molecular formula is C19H22N4O. The number of fused-ring (bicyclic) bond motifs is 5. The van der Waals surface area contributed by atoms with Crippen molar-refractivity contribution in [2.45, 2.75) is 43.8 Å². The number of carbonyl (C=O) groups is 1. The molecule has 4 heterocycles. The van der Waals surface area contributed by atoms with Crippen LogP contribution in [-0.2, 0) is 11.8 Å². The van der Waals surface area contributed by atoms with Crippen molar-refractivity contribution in [1.82, 2.24) is 14.7 Å². The number of rotatable bonds is 2. The van der Waals surface area contributed by atoms with E-state index in [1.54, 1.807) is 10.9 Å². The monoisotopic (exact) mass is 322 g/mol. The van der Waals surface area contributed by atoms with Crippen LogP contribution in [0.1, 0.15) is 48.9 Å². The maximum Gasteiger partial charge on any atom is 0.244 e. The lowest BCUT2D eigenvalue weighted by atomic mass is 9.92. The van der Waals surface area contributed by atoms with Crippen molar-refractivity contribution in [2.24, 2.45) is 7.05 Å². The van der Waals surface area contributed by atoms with Gasteiger partial charge in [0.05, 0.1) is 17.9 Å². The zero-order valence-corrected chi connectivity index (χ0v) is 13.9. The highest BCUT2D eigenvalue weighted by Crippen LogP contribution is 2.54. The Balaban J connectivity index is 1.47. The summed E-state index contributed by atoms with van der Waals surface area (Å²) in [4.78, 5) is 17.7. The van der Waals surface area contributed by atoms with E-state index in [2.05, 4.69) is 34.3 Å². The molecule has 3 aliphatic heterocycles. The SMILES string of the molecule is Cn1cc(N2CCCC(N3C4CCC3c3ccccc34)C2=O)cn1. The topological polar surface area (TPSA) is 41.4 Å². The molecule has 1 amide bonds. The van der Waals surface area contributed by atoms with E-state index < -0.39 is 0 Å². The summed E-state index contributed by atoms with van der Waals surface area (Å²) in [6.07, 6.45) is 8.12. The van der Waals surface area contributed by atoms with Gasteiger partial charge in [0.2, 0.25) is 5.91 Å². The number of amides is 1. The van der Waals surface area contributed by atoms with Crippen molar-refractivity contribution in [3.8, 4) is 0 Å². The van der Waals surface area contributed by atoms with Gasteiger partial charge in [0.25, 0.3) is 0 Å². The summed E-state index contributed by atoms with van der Waals surface area (Å²) < 4.78 is 1.77. The van der Waals surface area contributed by atoms with Gasteiger partial charge in [-0.15, -0.1) is 0 Å². The van der Waals surface area contributed by atoms with Crippen molar-refractivity contribution in [2.75, 3.05) is 11.4 Å². The van der Waals surface area contributed by atoms with Crippen molar-refractivity contribution < 1.29 is 4.79 Å². The van der Waals surface area contributed by atoms with Crippen LogP contribution in [0.5, 0.6) is 0 Å². The first-order valence-corrected chi connectivity index (χ1v) is 8.90. The van der Waals surface area contributed by atoms with Gasteiger partial charge in [-0.05, 0) is 36.8 Å². The Morgan fingerprint density at radius 3 is 2.38 bits per heavy atom. The fraction of sp³-hybridized carbons (Fsp3) is 0.474. The maximum absolute atomic E-state index is 13.2. The fourth-order valence-corrected chi connectivity index (χ4v) is 4.95. The first-order valence-electron chi connectivity index (χ1n) is 8.90. The van der Waals surface area contributed by atoms with Gasteiger partial charge in [0, 0.05) is 31.9 Å². The summed E-state index contributed by atoms with van der Waals surface area (Å²) in [5, 5.41) is 4.23. The van der Waals surface area contributed by atoms with Gasteiger partial charge in [-0.1, -0.05) is 24.3 Å². The number of aromatic nitrogens is 2. The largest absolute Gasteiger partial charge is 0.308 e. The summed E-state index contributed by atoms with van der Waals surface area (Å²) in [6, 6.07) is 9.60. The van der Waals surface area contributed by atoms with Gasteiger partial charge in [-0.25, -0.2) is 0 Å². The average Bonchev–Trinajstić information content (AvgIpc) is 3.29. The molecule has 2 bridgehead atoms. The Morgan fingerprint density at radius 1 is 1.04 bits per heavy atom. The van der Waals surface area contributed by atoms with Gasteiger partial charge < -0.3 is 4.90 Å². The van der Waals surface area contributed by atoms with Crippen LogP contribution < -0.4 is 4.90 Å². The van der Waals surface area contributed by atoms with Crippen LogP contribution >= 0.6 is 0 Å². The van der Waals surface area contributed by atoms with E-state index in [1.807, 2.05) is 18.1 Å². The third-order valence-corrected chi connectivity index (χ3v) is 5.92. The van der Waals surface area contributed by atoms with Crippen LogP contribution in [-0.4, -0.2) is 33.2 Å². The van der Waals surface area contributed by atoms with Crippen LogP contribution in [0.25, 0.3) is 0 Å². The normalized spacial score (nSPS) is 29.3. The predicted octanol–water partition coefficient (Wildman–Crippen LogP) is 2.81. The number of piperidine rings is 1. The van der Waals surface area contributed by atoms with E-state index in [4.69, 9.17) is 0 Å². The van der Waals surface area contributed by atoms with Gasteiger partial charge in [-0.3, -0.25) is 14.4 Å². The van der Waals surface area contributed by atoms with Crippen molar-refractivity contribution in [1.29, 1.82) is 0 Å². The highest BCUT2D eigenvalue weighted by atomic mass is 16.2. The van der Waals surface area contributed by atoms with Gasteiger partial charge in [-0.2, -0.15) is 5.10 Å². The van der Waals surface area contributed by atoms with Gasteiger partial charge in [0.1, 0.15) is 0 Å². The number of carbonyl (C=O) groups excluding carboxylic acids is 1. The molecule has 0 aliphatic carbocycles. The van der Waals surface area contributed by atoms with Crippen LogP contribution in [0, 0.1) is 0 Å². The molecule has 2 saturated heterocycles. The molecule has 5 nitrogen and oxygen atoms in total. The number of hydrogen-bond acceptors (Lipinski definition) is 3. The van der Waals surface area contributed by atoms with Crippen molar-refractivity contribution in [3.63, 3.8) is 0 Å². The first kappa shape index (κ1) is 14.2. The van der Waals surface area contributed by atoms with Crippen molar-refractivity contribution >= 4 is 11.6 Å². The zero-order valence-electron chi connectivity index (χ0n) is 13.9. The molecule has 1 aromatic carbocycles. The Kier molecular flexibility index (Phi) is 3.07. The van der Waals surface area contributed by atoms with Crippen LogP contribution in [0.3, 0.4) is 0 Å². The molecule has 0 spiro atoms. The predicted molar refractivity (Wildman–Crippen MR) is 91.6 cm³/mol. The van der Waals surface area contributed by atoms with Gasteiger partial charge >= 0.3 is 0 Å². The number of benzene rings is 1. The van der Waals surface area contributed by atoms with Crippen LogP contribution in [0.15, 0.2) is 36.7 Å². The fourth-order valence-electron chi connectivity index (χ4n) is 4.95. The van der Waals surface area contributed by atoms with Crippen molar-refractivity contribution in [3.05, 3.63) is 47.8 Å². The number of nitrogens with zero attached hydrogens (tertiary/aromatic N) is 4. The Hall–Kier alpha value is -2.14. The molecule has 3 aliphatic rings. The lowest BCUT2D eigenvalue weighted by Gasteiger charge is -2.38. The molecule has 0 radical (unpaired) electrons. The first-order chi connectivity index (χ1) is 11.7. The van der Waals surface area contributed by atoms with E-state index in [1.165, 1.54) is 24.0 Å². The Morgan fingerprint density at radius 2 is 1.75 bits per heavy atom. The number of hydrogen-bond donors (Lipinski definition) is 0. The van der Waals surface area contributed by atoms with E-state index in [-0.39, 0.29) is 11.9 Å². The van der Waals surface area contributed by atoms with Crippen LogP contribution in [0.4, 0.5) is 5.69 Å². The maximum atomic E-state index is 13.2. The lowest BCUT2D eigenvalue weighted by Crippen LogP contribution is -2.51. The third kappa shape index (κ3) is 1.91. The highest BCUT2D eigenvalue weighted by Gasteiger charge is 2.49. The summed E-state index contributed by atoms with van der Waals surface area (Å²) in [7, 11) is 1.90.